The predicted molar refractivity (Wildman–Crippen MR) is 101 cm³/mol. The van der Waals surface area contributed by atoms with Gasteiger partial charge in [0.25, 0.3) is 11.6 Å². The molecule has 0 atom stereocenters. The van der Waals surface area contributed by atoms with E-state index in [0.717, 1.165) is 10.5 Å². The minimum atomic E-state index is -0.534. The first-order valence-corrected chi connectivity index (χ1v) is 8.88. The quantitative estimate of drug-likeness (QED) is 0.490. The standard InChI is InChI=1S/C20H15FN2O3S/c21-15-8-6-14(7-9-15)13-22-20(24)18-12-16(23(25)26)10-11-19(18)27-17-4-2-1-3-5-17/h1-12H,13H2,(H,22,24). The number of nitro groups is 1. The van der Waals surface area contributed by atoms with Crippen molar-refractivity contribution in [3.05, 3.63) is 99.9 Å². The van der Waals surface area contributed by atoms with Gasteiger partial charge in [0, 0.05) is 28.5 Å². The second kappa shape index (κ2) is 8.46. The van der Waals surface area contributed by atoms with Gasteiger partial charge in [-0.2, -0.15) is 0 Å². The van der Waals surface area contributed by atoms with Crippen LogP contribution in [0.15, 0.2) is 82.6 Å². The molecule has 0 aliphatic rings. The number of benzene rings is 3. The van der Waals surface area contributed by atoms with Crippen molar-refractivity contribution in [3.63, 3.8) is 0 Å². The first-order chi connectivity index (χ1) is 13.0. The summed E-state index contributed by atoms with van der Waals surface area (Å²) < 4.78 is 13.0. The van der Waals surface area contributed by atoms with Crippen LogP contribution in [0.25, 0.3) is 0 Å². The van der Waals surface area contributed by atoms with E-state index >= 15 is 0 Å². The molecule has 0 aliphatic heterocycles. The van der Waals surface area contributed by atoms with Crippen molar-refractivity contribution in [2.24, 2.45) is 0 Å². The number of hydrogen-bond donors (Lipinski definition) is 1. The van der Waals surface area contributed by atoms with Gasteiger partial charge in [0.1, 0.15) is 5.82 Å². The molecule has 0 saturated heterocycles. The molecule has 1 N–H and O–H groups in total. The summed E-state index contributed by atoms with van der Waals surface area (Å²) in [5.41, 5.74) is 0.798. The monoisotopic (exact) mass is 382 g/mol. The number of non-ortho nitro benzene ring substituents is 1. The van der Waals surface area contributed by atoms with Gasteiger partial charge >= 0.3 is 0 Å². The van der Waals surface area contributed by atoms with Crippen molar-refractivity contribution in [1.29, 1.82) is 0 Å². The number of halogens is 1. The van der Waals surface area contributed by atoms with Crippen molar-refractivity contribution in [2.45, 2.75) is 16.3 Å². The maximum Gasteiger partial charge on any atom is 0.270 e. The number of nitrogens with one attached hydrogen (secondary N) is 1. The minimum absolute atomic E-state index is 0.153. The van der Waals surface area contributed by atoms with Gasteiger partial charge in [0.05, 0.1) is 10.5 Å². The molecule has 0 radical (unpaired) electrons. The first kappa shape index (κ1) is 18.6. The van der Waals surface area contributed by atoms with Gasteiger partial charge in [-0.1, -0.05) is 42.1 Å². The fraction of sp³-hybridized carbons (Fsp3) is 0.0500. The van der Waals surface area contributed by atoms with E-state index in [1.165, 1.54) is 36.0 Å². The van der Waals surface area contributed by atoms with E-state index in [9.17, 15) is 19.3 Å². The SMILES string of the molecule is O=C(NCc1ccc(F)cc1)c1cc([N+](=O)[O-])ccc1Sc1ccccc1. The van der Waals surface area contributed by atoms with Gasteiger partial charge in [0.15, 0.2) is 0 Å². The summed E-state index contributed by atoms with van der Waals surface area (Å²) >= 11 is 1.35. The normalized spacial score (nSPS) is 10.4. The second-order valence-corrected chi connectivity index (χ2v) is 6.78. The Labute approximate surface area is 159 Å². The molecular weight excluding hydrogens is 367 g/mol. The van der Waals surface area contributed by atoms with Gasteiger partial charge in [-0.15, -0.1) is 0 Å². The largest absolute Gasteiger partial charge is 0.348 e. The molecule has 27 heavy (non-hydrogen) atoms. The van der Waals surface area contributed by atoms with E-state index in [1.54, 1.807) is 18.2 Å². The van der Waals surface area contributed by atoms with Crippen LogP contribution in [0, 0.1) is 15.9 Å². The lowest BCUT2D eigenvalue weighted by Gasteiger charge is -2.10. The lowest BCUT2D eigenvalue weighted by molar-refractivity contribution is -0.384. The van der Waals surface area contributed by atoms with Crippen LogP contribution in [0.1, 0.15) is 15.9 Å². The van der Waals surface area contributed by atoms with E-state index in [1.807, 2.05) is 30.3 Å². The summed E-state index contributed by atoms with van der Waals surface area (Å²) in [6, 6.07) is 19.4. The summed E-state index contributed by atoms with van der Waals surface area (Å²) in [6.07, 6.45) is 0. The predicted octanol–water partition coefficient (Wildman–Crippen LogP) is 4.82. The minimum Gasteiger partial charge on any atom is -0.348 e. The van der Waals surface area contributed by atoms with Gasteiger partial charge < -0.3 is 5.32 Å². The van der Waals surface area contributed by atoms with Crippen LogP contribution >= 0.6 is 11.8 Å². The van der Waals surface area contributed by atoms with Crippen molar-refractivity contribution < 1.29 is 14.1 Å². The molecule has 0 saturated carbocycles. The van der Waals surface area contributed by atoms with Crippen LogP contribution in [0.4, 0.5) is 10.1 Å². The number of nitrogens with zero attached hydrogens (tertiary/aromatic N) is 1. The highest BCUT2D eigenvalue weighted by Crippen LogP contribution is 2.32. The Morgan fingerprint density at radius 2 is 1.74 bits per heavy atom. The van der Waals surface area contributed by atoms with Crippen molar-refractivity contribution in [3.8, 4) is 0 Å². The smallest absolute Gasteiger partial charge is 0.270 e. The Morgan fingerprint density at radius 1 is 1.04 bits per heavy atom. The summed E-state index contributed by atoms with van der Waals surface area (Å²) in [5.74, 6) is -0.785. The number of carbonyl (C=O) groups excluding carboxylic acids is 1. The highest BCUT2D eigenvalue weighted by molar-refractivity contribution is 7.99. The molecule has 0 heterocycles. The first-order valence-electron chi connectivity index (χ1n) is 8.07. The molecule has 3 aromatic carbocycles. The molecule has 3 aromatic rings. The Balaban J connectivity index is 1.83. The fourth-order valence-corrected chi connectivity index (χ4v) is 3.34. The van der Waals surface area contributed by atoms with Crippen LogP contribution < -0.4 is 5.32 Å². The third kappa shape index (κ3) is 4.92. The molecule has 0 aromatic heterocycles. The van der Waals surface area contributed by atoms with Crippen LogP contribution in [0.3, 0.4) is 0 Å². The third-order valence-corrected chi connectivity index (χ3v) is 4.84. The number of amides is 1. The van der Waals surface area contributed by atoms with Crippen LogP contribution in [-0.4, -0.2) is 10.8 Å². The zero-order valence-electron chi connectivity index (χ0n) is 14.1. The molecule has 1 amide bonds. The summed E-state index contributed by atoms with van der Waals surface area (Å²) in [6.45, 7) is 0.192. The average Bonchev–Trinajstić information content (AvgIpc) is 2.68. The van der Waals surface area contributed by atoms with E-state index in [4.69, 9.17) is 0 Å². The number of nitro benzene ring substituents is 1. The average molecular weight is 382 g/mol. The highest BCUT2D eigenvalue weighted by Gasteiger charge is 2.17. The Hall–Kier alpha value is -3.19. The summed E-state index contributed by atoms with van der Waals surface area (Å²) in [5, 5.41) is 13.8. The zero-order valence-corrected chi connectivity index (χ0v) is 14.9. The second-order valence-electron chi connectivity index (χ2n) is 5.66. The van der Waals surface area contributed by atoms with Gasteiger partial charge in [-0.25, -0.2) is 4.39 Å². The van der Waals surface area contributed by atoms with Gasteiger partial charge in [-0.05, 0) is 35.9 Å². The highest BCUT2D eigenvalue weighted by atomic mass is 32.2. The van der Waals surface area contributed by atoms with Crippen molar-refractivity contribution in [1.82, 2.24) is 5.32 Å². The fourth-order valence-electron chi connectivity index (χ4n) is 2.39. The molecule has 5 nitrogen and oxygen atoms in total. The Kier molecular flexibility index (Phi) is 5.83. The Morgan fingerprint density at radius 3 is 2.41 bits per heavy atom. The third-order valence-electron chi connectivity index (χ3n) is 3.76. The molecule has 3 rings (SSSR count). The van der Waals surface area contributed by atoms with Crippen LogP contribution in [-0.2, 0) is 6.54 Å². The molecule has 0 bridgehead atoms. The number of rotatable bonds is 6. The number of hydrogen-bond acceptors (Lipinski definition) is 4. The molecule has 0 unspecified atom stereocenters. The topological polar surface area (TPSA) is 72.2 Å². The van der Waals surface area contributed by atoms with E-state index in [2.05, 4.69) is 5.32 Å². The Bertz CT molecular complexity index is 963. The maximum absolute atomic E-state index is 13.0. The molecule has 136 valence electrons. The lowest BCUT2D eigenvalue weighted by atomic mass is 10.1. The van der Waals surface area contributed by atoms with Crippen molar-refractivity contribution in [2.75, 3.05) is 0 Å². The zero-order chi connectivity index (χ0) is 19.2. The summed E-state index contributed by atoms with van der Waals surface area (Å²) in [4.78, 5) is 24.7. The lowest BCUT2D eigenvalue weighted by Crippen LogP contribution is -2.23. The number of carbonyl (C=O) groups is 1. The molecular formula is C20H15FN2O3S. The van der Waals surface area contributed by atoms with Crippen LogP contribution in [0.2, 0.25) is 0 Å². The molecule has 0 fully saturated rings. The van der Waals surface area contributed by atoms with Crippen LogP contribution in [0.5, 0.6) is 0 Å². The maximum atomic E-state index is 13.0. The van der Waals surface area contributed by atoms with Crippen molar-refractivity contribution >= 4 is 23.4 Å². The molecule has 0 spiro atoms. The van der Waals surface area contributed by atoms with E-state index < -0.39 is 10.8 Å². The van der Waals surface area contributed by atoms with Gasteiger partial charge in [0.2, 0.25) is 0 Å². The molecule has 7 heteroatoms. The molecule has 0 aliphatic carbocycles. The van der Waals surface area contributed by atoms with E-state index in [0.29, 0.717) is 4.90 Å². The summed E-state index contributed by atoms with van der Waals surface area (Å²) in [7, 11) is 0. The van der Waals surface area contributed by atoms with E-state index in [-0.39, 0.29) is 23.6 Å². The van der Waals surface area contributed by atoms with Gasteiger partial charge in [-0.3, -0.25) is 14.9 Å².